The van der Waals surface area contributed by atoms with E-state index in [1.807, 2.05) is 0 Å². The Hall–Kier alpha value is -2.16. The number of nitrogen functional groups attached to an aromatic ring is 1. The zero-order valence-electron chi connectivity index (χ0n) is 13.2. The molecule has 0 spiro atoms. The van der Waals surface area contributed by atoms with Crippen LogP contribution in [0.2, 0.25) is 5.02 Å². The summed E-state index contributed by atoms with van der Waals surface area (Å²) in [6, 6.07) is 7.06. The maximum Gasteiger partial charge on any atom is 0.142 e. The molecule has 2 N–H and O–H groups in total. The molecule has 0 radical (unpaired) electrons. The van der Waals surface area contributed by atoms with Crippen molar-refractivity contribution in [1.29, 1.82) is 5.26 Å². The van der Waals surface area contributed by atoms with Gasteiger partial charge in [0.15, 0.2) is 0 Å². The monoisotopic (exact) mass is 342 g/mol. The number of hydrogen-bond donors (Lipinski definition) is 1. The van der Waals surface area contributed by atoms with Gasteiger partial charge in [0.1, 0.15) is 23.3 Å². The Morgan fingerprint density at radius 2 is 2.21 bits per heavy atom. The number of pyridine rings is 1. The van der Waals surface area contributed by atoms with E-state index in [4.69, 9.17) is 17.3 Å². The molecule has 0 saturated carbocycles. The molecule has 3 heterocycles. The van der Waals surface area contributed by atoms with E-state index in [1.165, 1.54) is 12.1 Å². The van der Waals surface area contributed by atoms with Crippen LogP contribution in [0.4, 0.5) is 10.2 Å². The molecule has 1 aromatic carbocycles. The van der Waals surface area contributed by atoms with Crippen molar-refractivity contribution in [2.45, 2.75) is 31.3 Å². The third kappa shape index (κ3) is 2.10. The van der Waals surface area contributed by atoms with Gasteiger partial charge >= 0.3 is 0 Å². The van der Waals surface area contributed by atoms with Crippen molar-refractivity contribution in [3.05, 3.63) is 45.9 Å². The number of benzene rings is 1. The molecule has 1 saturated heterocycles. The molecule has 0 amide bonds. The molecule has 1 fully saturated rings. The predicted molar refractivity (Wildman–Crippen MR) is 91.0 cm³/mol. The Bertz CT molecular complexity index is 890. The minimum Gasteiger partial charge on any atom is -0.383 e. The van der Waals surface area contributed by atoms with Gasteiger partial charge in [-0.25, -0.2) is 9.37 Å². The lowest BCUT2D eigenvalue weighted by atomic mass is 9.87. The molecule has 6 heteroatoms. The van der Waals surface area contributed by atoms with Gasteiger partial charge in [-0.1, -0.05) is 11.6 Å². The molecule has 0 unspecified atom stereocenters. The summed E-state index contributed by atoms with van der Waals surface area (Å²) in [5.41, 5.74) is 9.68. The molecule has 2 bridgehead atoms. The first kappa shape index (κ1) is 15.4. The average Bonchev–Trinajstić information content (AvgIpc) is 2.78. The lowest BCUT2D eigenvalue weighted by molar-refractivity contribution is 0.222. The SMILES string of the molecule is CN1[C@@H]2CC[C@H]1c1c(nc(N)c(C#N)c1-c1ccc(F)cc1Cl)C2. The second-order valence-corrected chi connectivity index (χ2v) is 6.87. The van der Waals surface area contributed by atoms with Gasteiger partial charge in [0.25, 0.3) is 0 Å². The normalized spacial score (nSPS) is 22.2. The highest BCUT2D eigenvalue weighted by Crippen LogP contribution is 2.48. The summed E-state index contributed by atoms with van der Waals surface area (Å²) in [5.74, 6) is -0.188. The van der Waals surface area contributed by atoms with Crippen molar-refractivity contribution < 1.29 is 4.39 Å². The molecule has 122 valence electrons. The van der Waals surface area contributed by atoms with Crippen LogP contribution in [0, 0.1) is 17.1 Å². The van der Waals surface area contributed by atoms with E-state index in [0.29, 0.717) is 22.7 Å². The number of fused-ring (bicyclic) bond motifs is 4. The number of hydrogen-bond acceptors (Lipinski definition) is 4. The summed E-state index contributed by atoms with van der Waals surface area (Å²) in [4.78, 5) is 6.84. The smallest absolute Gasteiger partial charge is 0.142 e. The molecule has 2 aliphatic rings. The van der Waals surface area contributed by atoms with Gasteiger partial charge in [0.2, 0.25) is 0 Å². The molecular formula is C18H16ClFN4. The number of nitrogens with two attached hydrogens (primary N) is 1. The number of nitrogens with zero attached hydrogens (tertiary/aromatic N) is 3. The summed E-state index contributed by atoms with van der Waals surface area (Å²) < 4.78 is 13.5. The third-order valence-corrected chi connectivity index (χ3v) is 5.57. The second-order valence-electron chi connectivity index (χ2n) is 6.46. The maximum atomic E-state index is 13.5. The maximum absolute atomic E-state index is 13.5. The summed E-state index contributed by atoms with van der Waals surface area (Å²) >= 11 is 6.30. The Balaban J connectivity index is 2.06. The molecule has 4 nitrogen and oxygen atoms in total. The van der Waals surface area contributed by atoms with Crippen LogP contribution in [0.1, 0.15) is 35.7 Å². The van der Waals surface area contributed by atoms with Gasteiger partial charge in [-0.3, -0.25) is 4.90 Å². The first-order valence-corrected chi connectivity index (χ1v) is 8.28. The standard InChI is InChI=1S/C18H16ClFN4/c1-24-10-3-5-15(24)17-14(7-10)23-18(22)12(8-21)16(17)11-4-2-9(20)6-13(11)19/h2,4,6,10,15H,3,5,7H2,1H3,(H2,22,23)/t10-,15+/m1/s1. The highest BCUT2D eigenvalue weighted by molar-refractivity contribution is 6.33. The molecule has 2 aliphatic heterocycles. The topological polar surface area (TPSA) is 65.9 Å². The average molecular weight is 343 g/mol. The lowest BCUT2D eigenvalue weighted by Gasteiger charge is -2.34. The van der Waals surface area contributed by atoms with Crippen molar-refractivity contribution in [3.8, 4) is 17.2 Å². The van der Waals surface area contributed by atoms with Crippen molar-refractivity contribution in [3.63, 3.8) is 0 Å². The largest absolute Gasteiger partial charge is 0.383 e. The van der Waals surface area contributed by atoms with Gasteiger partial charge in [-0.05, 0) is 38.1 Å². The minimum absolute atomic E-state index is 0.190. The number of aromatic nitrogens is 1. The Morgan fingerprint density at radius 3 is 2.92 bits per heavy atom. The van der Waals surface area contributed by atoms with Crippen molar-refractivity contribution in [2.24, 2.45) is 0 Å². The lowest BCUT2D eigenvalue weighted by Crippen LogP contribution is -2.35. The zero-order chi connectivity index (χ0) is 17.0. The Kier molecular flexibility index (Phi) is 3.48. The Labute approximate surface area is 144 Å². The number of anilines is 1. The predicted octanol–water partition coefficient (Wildman–Crippen LogP) is 3.69. The molecule has 0 aliphatic carbocycles. The minimum atomic E-state index is -0.406. The van der Waals surface area contributed by atoms with E-state index in [2.05, 4.69) is 23.0 Å². The molecule has 2 atom stereocenters. The van der Waals surface area contributed by atoms with Crippen LogP contribution in [-0.2, 0) is 6.42 Å². The van der Waals surface area contributed by atoms with E-state index in [1.54, 1.807) is 6.07 Å². The van der Waals surface area contributed by atoms with Gasteiger partial charge in [0, 0.05) is 40.9 Å². The number of nitriles is 1. The summed E-state index contributed by atoms with van der Waals surface area (Å²) in [6.45, 7) is 0. The van der Waals surface area contributed by atoms with Gasteiger partial charge in [-0.2, -0.15) is 5.26 Å². The molecule has 2 aromatic rings. The fraction of sp³-hybridized carbons (Fsp3) is 0.333. The van der Waals surface area contributed by atoms with Crippen LogP contribution < -0.4 is 5.73 Å². The van der Waals surface area contributed by atoms with E-state index in [9.17, 15) is 9.65 Å². The summed E-state index contributed by atoms with van der Waals surface area (Å²) in [7, 11) is 2.10. The van der Waals surface area contributed by atoms with E-state index in [-0.39, 0.29) is 16.9 Å². The molecule has 1 aromatic heterocycles. The van der Waals surface area contributed by atoms with Crippen LogP contribution in [0.5, 0.6) is 0 Å². The van der Waals surface area contributed by atoms with Crippen LogP contribution in [0.3, 0.4) is 0 Å². The van der Waals surface area contributed by atoms with E-state index in [0.717, 1.165) is 30.5 Å². The number of rotatable bonds is 1. The van der Waals surface area contributed by atoms with Gasteiger partial charge < -0.3 is 5.73 Å². The van der Waals surface area contributed by atoms with Gasteiger partial charge in [-0.15, -0.1) is 0 Å². The van der Waals surface area contributed by atoms with Crippen LogP contribution in [0.15, 0.2) is 18.2 Å². The quantitative estimate of drug-likeness (QED) is 0.858. The first-order chi connectivity index (χ1) is 11.5. The summed E-state index contributed by atoms with van der Waals surface area (Å²) in [5, 5.41) is 9.92. The van der Waals surface area contributed by atoms with Crippen molar-refractivity contribution in [1.82, 2.24) is 9.88 Å². The summed E-state index contributed by atoms with van der Waals surface area (Å²) in [6.07, 6.45) is 2.91. The molecule has 4 rings (SSSR count). The van der Waals surface area contributed by atoms with Crippen LogP contribution in [-0.4, -0.2) is 23.0 Å². The highest BCUT2D eigenvalue weighted by Gasteiger charge is 2.41. The van der Waals surface area contributed by atoms with Crippen LogP contribution in [0.25, 0.3) is 11.1 Å². The van der Waals surface area contributed by atoms with Crippen molar-refractivity contribution >= 4 is 17.4 Å². The zero-order valence-corrected chi connectivity index (χ0v) is 13.9. The van der Waals surface area contributed by atoms with Gasteiger partial charge in [0.05, 0.1) is 5.02 Å². The number of likely N-dealkylation sites (N-methyl/N-ethyl adjacent to an activating group) is 1. The second kappa shape index (κ2) is 5.44. The van der Waals surface area contributed by atoms with Crippen LogP contribution >= 0.6 is 11.6 Å². The molecular weight excluding hydrogens is 327 g/mol. The number of halogens is 2. The van der Waals surface area contributed by atoms with E-state index < -0.39 is 5.82 Å². The highest BCUT2D eigenvalue weighted by atomic mass is 35.5. The Morgan fingerprint density at radius 1 is 1.42 bits per heavy atom. The van der Waals surface area contributed by atoms with E-state index >= 15 is 0 Å². The fourth-order valence-electron chi connectivity index (χ4n) is 4.10. The fourth-order valence-corrected chi connectivity index (χ4v) is 4.36. The third-order valence-electron chi connectivity index (χ3n) is 5.26. The molecule has 24 heavy (non-hydrogen) atoms. The van der Waals surface area contributed by atoms with Crippen molar-refractivity contribution in [2.75, 3.05) is 12.8 Å². The first-order valence-electron chi connectivity index (χ1n) is 7.91.